The number of aromatic nitrogens is 2. The molecule has 4 nitrogen and oxygen atoms in total. The fraction of sp³-hybridized carbons (Fsp3) is 0.786. The van der Waals surface area contributed by atoms with Gasteiger partial charge in [-0.25, -0.2) is 0 Å². The standard InChI is InChI=1S/C14H23N3O/c1-17-13-6-4-5-12(11(13)9-16-17)15-10-14(18)7-2-3-8-14/h9,12,15,18H,2-8,10H2,1H3. The fourth-order valence-electron chi connectivity index (χ4n) is 3.44. The zero-order chi connectivity index (χ0) is 12.6. The quantitative estimate of drug-likeness (QED) is 0.857. The lowest BCUT2D eigenvalue weighted by atomic mass is 9.92. The van der Waals surface area contributed by atoms with Crippen LogP contribution in [0.1, 0.15) is 55.8 Å². The Labute approximate surface area is 108 Å². The normalized spacial score (nSPS) is 26.2. The third-order valence-corrected chi connectivity index (χ3v) is 4.59. The van der Waals surface area contributed by atoms with E-state index in [1.807, 2.05) is 17.9 Å². The third kappa shape index (κ3) is 2.19. The van der Waals surface area contributed by atoms with E-state index in [9.17, 15) is 5.11 Å². The number of nitrogens with one attached hydrogen (secondary N) is 1. The molecule has 0 aliphatic heterocycles. The van der Waals surface area contributed by atoms with Crippen molar-refractivity contribution in [2.75, 3.05) is 6.54 Å². The molecule has 1 saturated carbocycles. The summed E-state index contributed by atoms with van der Waals surface area (Å²) in [5.74, 6) is 0. The van der Waals surface area contributed by atoms with Crippen LogP contribution >= 0.6 is 0 Å². The van der Waals surface area contributed by atoms with E-state index in [0.29, 0.717) is 6.04 Å². The van der Waals surface area contributed by atoms with E-state index in [1.54, 1.807) is 0 Å². The van der Waals surface area contributed by atoms with Gasteiger partial charge in [-0.3, -0.25) is 4.68 Å². The van der Waals surface area contributed by atoms with Crippen molar-refractivity contribution in [3.05, 3.63) is 17.5 Å². The van der Waals surface area contributed by atoms with Gasteiger partial charge < -0.3 is 10.4 Å². The van der Waals surface area contributed by atoms with Gasteiger partial charge in [-0.1, -0.05) is 12.8 Å². The first-order valence-corrected chi connectivity index (χ1v) is 7.14. The first-order valence-electron chi connectivity index (χ1n) is 7.14. The van der Waals surface area contributed by atoms with Gasteiger partial charge in [-0.2, -0.15) is 5.10 Å². The number of fused-ring (bicyclic) bond motifs is 1. The molecule has 1 aromatic rings. The van der Waals surface area contributed by atoms with Gasteiger partial charge >= 0.3 is 0 Å². The predicted octanol–water partition coefficient (Wildman–Crippen LogP) is 1.69. The van der Waals surface area contributed by atoms with Crippen LogP contribution in [0.2, 0.25) is 0 Å². The fourth-order valence-corrected chi connectivity index (χ4v) is 3.44. The van der Waals surface area contributed by atoms with Crippen molar-refractivity contribution in [2.24, 2.45) is 7.05 Å². The number of nitrogens with zero attached hydrogens (tertiary/aromatic N) is 2. The predicted molar refractivity (Wildman–Crippen MR) is 70.3 cm³/mol. The highest BCUT2D eigenvalue weighted by Crippen LogP contribution is 2.32. The van der Waals surface area contributed by atoms with Gasteiger partial charge in [-0.15, -0.1) is 0 Å². The summed E-state index contributed by atoms with van der Waals surface area (Å²) in [7, 11) is 2.02. The minimum Gasteiger partial charge on any atom is -0.389 e. The Morgan fingerprint density at radius 3 is 3.00 bits per heavy atom. The molecule has 3 rings (SSSR count). The van der Waals surface area contributed by atoms with Crippen LogP contribution in [0.15, 0.2) is 6.20 Å². The molecule has 18 heavy (non-hydrogen) atoms. The second-order valence-electron chi connectivity index (χ2n) is 5.93. The van der Waals surface area contributed by atoms with Gasteiger partial charge in [0.25, 0.3) is 0 Å². The zero-order valence-corrected chi connectivity index (χ0v) is 11.2. The molecule has 0 spiro atoms. The van der Waals surface area contributed by atoms with E-state index >= 15 is 0 Å². The summed E-state index contributed by atoms with van der Waals surface area (Å²) in [5, 5.41) is 18.3. The lowest BCUT2D eigenvalue weighted by Crippen LogP contribution is -2.40. The Morgan fingerprint density at radius 1 is 1.44 bits per heavy atom. The first-order chi connectivity index (χ1) is 8.68. The summed E-state index contributed by atoms with van der Waals surface area (Å²) in [5.41, 5.74) is 2.24. The Kier molecular flexibility index (Phi) is 3.16. The molecule has 100 valence electrons. The molecule has 1 fully saturated rings. The molecule has 1 heterocycles. The molecule has 2 aliphatic rings. The molecule has 4 heteroatoms. The molecular weight excluding hydrogens is 226 g/mol. The van der Waals surface area contributed by atoms with Crippen LogP contribution in [-0.4, -0.2) is 27.0 Å². The summed E-state index contributed by atoms with van der Waals surface area (Å²) < 4.78 is 1.99. The Bertz CT molecular complexity index is 421. The van der Waals surface area contributed by atoms with Crippen molar-refractivity contribution < 1.29 is 5.11 Å². The Hall–Kier alpha value is -0.870. The smallest absolute Gasteiger partial charge is 0.0771 e. The summed E-state index contributed by atoms with van der Waals surface area (Å²) in [6.45, 7) is 0.728. The number of hydrogen-bond acceptors (Lipinski definition) is 3. The summed E-state index contributed by atoms with van der Waals surface area (Å²) in [6, 6.07) is 0.382. The van der Waals surface area contributed by atoms with Gasteiger partial charge in [0.05, 0.1) is 11.8 Å². The average Bonchev–Trinajstić information content (AvgIpc) is 2.96. The first kappa shape index (κ1) is 12.2. The topological polar surface area (TPSA) is 50.1 Å². The Morgan fingerprint density at radius 2 is 2.22 bits per heavy atom. The van der Waals surface area contributed by atoms with Gasteiger partial charge in [0.15, 0.2) is 0 Å². The molecular formula is C14H23N3O. The molecule has 0 radical (unpaired) electrons. The maximum Gasteiger partial charge on any atom is 0.0771 e. The van der Waals surface area contributed by atoms with Crippen molar-refractivity contribution in [3.8, 4) is 0 Å². The van der Waals surface area contributed by atoms with Gasteiger partial charge in [0, 0.05) is 30.9 Å². The zero-order valence-electron chi connectivity index (χ0n) is 11.2. The number of aryl methyl sites for hydroxylation is 1. The van der Waals surface area contributed by atoms with E-state index in [-0.39, 0.29) is 0 Å². The summed E-state index contributed by atoms with van der Waals surface area (Å²) in [4.78, 5) is 0. The summed E-state index contributed by atoms with van der Waals surface area (Å²) in [6.07, 6.45) is 9.73. The highest BCUT2D eigenvalue weighted by molar-refractivity contribution is 5.24. The van der Waals surface area contributed by atoms with Crippen molar-refractivity contribution in [1.29, 1.82) is 0 Å². The van der Waals surface area contributed by atoms with Crippen LogP contribution < -0.4 is 5.32 Å². The maximum atomic E-state index is 10.4. The Balaban J connectivity index is 1.67. The molecule has 0 aromatic carbocycles. The molecule has 1 unspecified atom stereocenters. The van der Waals surface area contributed by atoms with E-state index in [4.69, 9.17) is 0 Å². The highest BCUT2D eigenvalue weighted by Gasteiger charge is 2.32. The lowest BCUT2D eigenvalue weighted by Gasteiger charge is -2.29. The number of aliphatic hydroxyl groups is 1. The average molecular weight is 249 g/mol. The van der Waals surface area contributed by atoms with E-state index < -0.39 is 5.60 Å². The number of rotatable bonds is 3. The van der Waals surface area contributed by atoms with Gasteiger partial charge in [0.1, 0.15) is 0 Å². The van der Waals surface area contributed by atoms with E-state index in [1.165, 1.54) is 30.5 Å². The molecule has 2 aliphatic carbocycles. The van der Waals surface area contributed by atoms with E-state index in [2.05, 4.69) is 10.4 Å². The van der Waals surface area contributed by atoms with Crippen LogP contribution in [0, 0.1) is 0 Å². The van der Waals surface area contributed by atoms with Crippen LogP contribution in [0.3, 0.4) is 0 Å². The molecule has 1 aromatic heterocycles. The van der Waals surface area contributed by atoms with Crippen molar-refractivity contribution in [1.82, 2.24) is 15.1 Å². The lowest BCUT2D eigenvalue weighted by molar-refractivity contribution is 0.0441. The van der Waals surface area contributed by atoms with Crippen LogP contribution in [0.5, 0.6) is 0 Å². The molecule has 1 atom stereocenters. The third-order valence-electron chi connectivity index (χ3n) is 4.59. The minimum absolute atomic E-state index is 0.382. The molecule has 0 saturated heterocycles. The monoisotopic (exact) mass is 249 g/mol. The van der Waals surface area contributed by atoms with Crippen molar-refractivity contribution in [2.45, 2.75) is 56.6 Å². The minimum atomic E-state index is -0.459. The largest absolute Gasteiger partial charge is 0.389 e. The molecule has 0 bridgehead atoms. The molecule has 0 amide bonds. The highest BCUT2D eigenvalue weighted by atomic mass is 16.3. The van der Waals surface area contributed by atoms with Gasteiger partial charge in [-0.05, 0) is 32.1 Å². The number of hydrogen-bond donors (Lipinski definition) is 2. The molecule has 2 N–H and O–H groups in total. The SMILES string of the molecule is Cn1ncc2c1CCCC2NCC1(O)CCCC1. The second kappa shape index (κ2) is 4.67. The van der Waals surface area contributed by atoms with Crippen molar-refractivity contribution in [3.63, 3.8) is 0 Å². The van der Waals surface area contributed by atoms with Crippen LogP contribution in [0.4, 0.5) is 0 Å². The van der Waals surface area contributed by atoms with Crippen LogP contribution in [-0.2, 0) is 13.5 Å². The van der Waals surface area contributed by atoms with E-state index in [0.717, 1.165) is 32.2 Å². The second-order valence-corrected chi connectivity index (χ2v) is 5.93. The van der Waals surface area contributed by atoms with Crippen LogP contribution in [0.25, 0.3) is 0 Å². The van der Waals surface area contributed by atoms with Gasteiger partial charge in [0.2, 0.25) is 0 Å². The van der Waals surface area contributed by atoms with Crippen molar-refractivity contribution >= 4 is 0 Å². The summed E-state index contributed by atoms with van der Waals surface area (Å²) >= 11 is 0. The maximum absolute atomic E-state index is 10.4.